The molecule has 0 bridgehead atoms. The summed E-state index contributed by atoms with van der Waals surface area (Å²) in [7, 11) is 0. The van der Waals surface area contributed by atoms with Crippen LogP contribution in [0.3, 0.4) is 0 Å². The molecule has 0 aliphatic heterocycles. The average molecular weight is 364 g/mol. The fourth-order valence-corrected chi connectivity index (χ4v) is 4.61. The molecule has 0 atom stereocenters. The molecule has 0 heterocycles. The van der Waals surface area contributed by atoms with E-state index >= 15 is 0 Å². The van der Waals surface area contributed by atoms with Crippen LogP contribution in [-0.2, 0) is 16.0 Å². The molecular weight excluding hydrogens is 338 g/mol. The van der Waals surface area contributed by atoms with E-state index in [2.05, 4.69) is 5.32 Å². The van der Waals surface area contributed by atoms with Gasteiger partial charge in [0.2, 0.25) is 5.91 Å². The van der Waals surface area contributed by atoms with Gasteiger partial charge < -0.3 is 10.4 Å². The maximum atomic E-state index is 13.1. The summed E-state index contributed by atoms with van der Waals surface area (Å²) in [6, 6.07) is 7.89. The molecule has 2 saturated carbocycles. The van der Waals surface area contributed by atoms with Crippen LogP contribution < -0.4 is 5.32 Å². The second-order valence-corrected chi connectivity index (χ2v) is 8.09. The summed E-state index contributed by atoms with van der Waals surface area (Å²) in [4.78, 5) is 24.2. The summed E-state index contributed by atoms with van der Waals surface area (Å²) in [5, 5.41) is 13.0. The van der Waals surface area contributed by atoms with Crippen molar-refractivity contribution >= 4 is 23.5 Å². The largest absolute Gasteiger partial charge is 0.481 e. The van der Waals surface area contributed by atoms with Crippen LogP contribution in [0, 0.1) is 11.3 Å². The van der Waals surface area contributed by atoms with Crippen molar-refractivity contribution in [1.82, 2.24) is 5.32 Å². The Bertz CT molecular complexity index is 632. The molecule has 0 aromatic heterocycles. The highest BCUT2D eigenvalue weighted by Gasteiger charge is 2.42. The molecule has 4 nitrogen and oxygen atoms in total. The topological polar surface area (TPSA) is 66.4 Å². The first-order chi connectivity index (χ1) is 12.0. The number of rotatable bonds is 5. The molecule has 3 rings (SSSR count). The molecule has 0 unspecified atom stereocenters. The second-order valence-electron chi connectivity index (χ2n) is 7.65. The minimum Gasteiger partial charge on any atom is -0.481 e. The van der Waals surface area contributed by atoms with Crippen molar-refractivity contribution in [3.05, 3.63) is 34.9 Å². The Hall–Kier alpha value is -1.55. The number of carboxylic acid groups (broad SMARTS) is 1. The van der Waals surface area contributed by atoms with E-state index in [1.165, 1.54) is 0 Å². The van der Waals surface area contributed by atoms with Gasteiger partial charge in [0, 0.05) is 11.1 Å². The summed E-state index contributed by atoms with van der Waals surface area (Å²) in [6.45, 7) is 0. The zero-order chi connectivity index (χ0) is 17.9. The third kappa shape index (κ3) is 4.35. The van der Waals surface area contributed by atoms with E-state index < -0.39 is 5.97 Å². The fraction of sp³-hybridized carbons (Fsp3) is 0.600. The van der Waals surface area contributed by atoms with Gasteiger partial charge in [0.15, 0.2) is 0 Å². The van der Waals surface area contributed by atoms with Crippen molar-refractivity contribution in [2.75, 3.05) is 0 Å². The number of aliphatic carboxylic acids is 1. The lowest BCUT2D eigenvalue weighted by molar-refractivity contribution is -0.142. The van der Waals surface area contributed by atoms with Gasteiger partial charge in [-0.05, 0) is 62.6 Å². The Kier molecular flexibility index (Phi) is 5.67. The molecule has 2 fully saturated rings. The number of carboxylic acids is 1. The number of amides is 1. The Labute approximate surface area is 153 Å². The summed E-state index contributed by atoms with van der Waals surface area (Å²) >= 11 is 6.10. The normalized spacial score (nSPS) is 25.5. The number of halogens is 1. The summed E-state index contributed by atoms with van der Waals surface area (Å²) < 4.78 is 0. The van der Waals surface area contributed by atoms with Crippen molar-refractivity contribution in [2.45, 2.75) is 63.8 Å². The molecule has 5 heteroatoms. The number of hydrogen-bond donors (Lipinski definition) is 2. The predicted octanol–water partition coefficient (Wildman–Crippen LogP) is 4.20. The molecule has 2 aliphatic carbocycles. The SMILES string of the molecule is O=C(O)C1CCC(NC(=O)C2(Cc3cccc(Cl)c3)CCCC2)CC1. The summed E-state index contributed by atoms with van der Waals surface area (Å²) in [5.41, 5.74) is 0.771. The maximum Gasteiger partial charge on any atom is 0.306 e. The van der Waals surface area contributed by atoms with Crippen LogP contribution >= 0.6 is 11.6 Å². The highest BCUT2D eigenvalue weighted by molar-refractivity contribution is 6.30. The Morgan fingerprint density at radius 1 is 1.16 bits per heavy atom. The molecule has 2 N–H and O–H groups in total. The zero-order valence-electron chi connectivity index (χ0n) is 14.5. The van der Waals surface area contributed by atoms with Gasteiger partial charge in [0.1, 0.15) is 0 Å². The number of nitrogens with one attached hydrogen (secondary N) is 1. The van der Waals surface area contributed by atoms with E-state index in [1.54, 1.807) is 0 Å². The van der Waals surface area contributed by atoms with E-state index in [4.69, 9.17) is 16.7 Å². The van der Waals surface area contributed by atoms with Crippen LogP contribution in [0.25, 0.3) is 0 Å². The smallest absolute Gasteiger partial charge is 0.306 e. The second kappa shape index (κ2) is 7.77. The van der Waals surface area contributed by atoms with Crippen LogP contribution in [0.15, 0.2) is 24.3 Å². The number of carbonyl (C=O) groups is 2. The highest BCUT2D eigenvalue weighted by atomic mass is 35.5. The summed E-state index contributed by atoms with van der Waals surface area (Å²) in [5.74, 6) is -0.818. The van der Waals surface area contributed by atoms with Crippen molar-refractivity contribution in [2.24, 2.45) is 11.3 Å². The fourth-order valence-electron chi connectivity index (χ4n) is 4.40. The van der Waals surface area contributed by atoms with Crippen LogP contribution in [-0.4, -0.2) is 23.0 Å². The molecular formula is C20H26ClNO3. The van der Waals surface area contributed by atoms with E-state index in [0.29, 0.717) is 17.9 Å². The third-order valence-electron chi connectivity index (χ3n) is 5.89. The first-order valence-corrected chi connectivity index (χ1v) is 9.64. The molecule has 0 radical (unpaired) electrons. The molecule has 136 valence electrons. The third-order valence-corrected chi connectivity index (χ3v) is 6.12. The first-order valence-electron chi connectivity index (χ1n) is 9.27. The number of hydrogen-bond acceptors (Lipinski definition) is 2. The van der Waals surface area contributed by atoms with E-state index in [-0.39, 0.29) is 23.3 Å². The highest BCUT2D eigenvalue weighted by Crippen LogP contribution is 2.42. The molecule has 25 heavy (non-hydrogen) atoms. The van der Waals surface area contributed by atoms with Gasteiger partial charge in [-0.2, -0.15) is 0 Å². The molecule has 0 saturated heterocycles. The van der Waals surface area contributed by atoms with E-state index in [9.17, 15) is 9.59 Å². The monoisotopic (exact) mass is 363 g/mol. The predicted molar refractivity (Wildman–Crippen MR) is 97.6 cm³/mol. The van der Waals surface area contributed by atoms with Crippen molar-refractivity contribution < 1.29 is 14.7 Å². The van der Waals surface area contributed by atoms with Gasteiger partial charge in [0.05, 0.1) is 11.3 Å². The van der Waals surface area contributed by atoms with Gasteiger partial charge >= 0.3 is 5.97 Å². The van der Waals surface area contributed by atoms with Crippen molar-refractivity contribution in [3.8, 4) is 0 Å². The Balaban J connectivity index is 1.64. The molecule has 1 aromatic rings. The standard InChI is InChI=1S/C20H26ClNO3/c21-16-5-3-4-14(12-16)13-20(10-1-2-11-20)19(25)22-17-8-6-15(7-9-17)18(23)24/h3-5,12,15,17H,1-2,6-11,13H2,(H,22,25)(H,23,24). The van der Waals surface area contributed by atoms with Crippen molar-refractivity contribution in [1.29, 1.82) is 0 Å². The van der Waals surface area contributed by atoms with Crippen molar-refractivity contribution in [3.63, 3.8) is 0 Å². The minimum atomic E-state index is -0.710. The van der Waals surface area contributed by atoms with Gasteiger partial charge in [0.25, 0.3) is 0 Å². The molecule has 0 spiro atoms. The summed E-state index contributed by atoms with van der Waals surface area (Å²) in [6.07, 6.45) is 7.55. The minimum absolute atomic E-state index is 0.111. The van der Waals surface area contributed by atoms with Crippen LogP contribution in [0.1, 0.15) is 56.9 Å². The van der Waals surface area contributed by atoms with E-state index in [1.807, 2.05) is 24.3 Å². The van der Waals surface area contributed by atoms with Crippen LogP contribution in [0.5, 0.6) is 0 Å². The Morgan fingerprint density at radius 2 is 1.84 bits per heavy atom. The van der Waals surface area contributed by atoms with Crippen LogP contribution in [0.4, 0.5) is 0 Å². The lowest BCUT2D eigenvalue weighted by Crippen LogP contribution is -2.47. The van der Waals surface area contributed by atoms with Gasteiger partial charge in [-0.1, -0.05) is 36.6 Å². The molecule has 2 aliphatic rings. The van der Waals surface area contributed by atoms with Crippen LogP contribution in [0.2, 0.25) is 5.02 Å². The van der Waals surface area contributed by atoms with E-state index in [0.717, 1.165) is 50.5 Å². The Morgan fingerprint density at radius 3 is 2.44 bits per heavy atom. The van der Waals surface area contributed by atoms with Gasteiger partial charge in [-0.3, -0.25) is 9.59 Å². The molecule has 1 amide bonds. The first kappa shape index (κ1) is 18.2. The van der Waals surface area contributed by atoms with Gasteiger partial charge in [-0.25, -0.2) is 0 Å². The number of carbonyl (C=O) groups excluding carboxylic acids is 1. The quantitative estimate of drug-likeness (QED) is 0.823. The lowest BCUT2D eigenvalue weighted by Gasteiger charge is -2.33. The lowest BCUT2D eigenvalue weighted by atomic mass is 9.78. The van der Waals surface area contributed by atoms with Gasteiger partial charge in [-0.15, -0.1) is 0 Å². The maximum absolute atomic E-state index is 13.1. The average Bonchev–Trinajstić information content (AvgIpc) is 3.05. The molecule has 1 aromatic carbocycles. The number of benzene rings is 1. The zero-order valence-corrected chi connectivity index (χ0v) is 15.2.